The van der Waals surface area contributed by atoms with Gasteiger partial charge in [-0.05, 0) is 41.0 Å². The van der Waals surface area contributed by atoms with Crippen LogP contribution in [0.15, 0.2) is 83.3 Å². The van der Waals surface area contributed by atoms with Crippen molar-refractivity contribution in [2.24, 2.45) is 0 Å². The third-order valence-electron chi connectivity index (χ3n) is 5.75. The summed E-state index contributed by atoms with van der Waals surface area (Å²) >= 11 is 0. The molecule has 0 aliphatic heterocycles. The Morgan fingerprint density at radius 2 is 1.37 bits per heavy atom. The van der Waals surface area contributed by atoms with E-state index in [1.165, 1.54) is 24.3 Å². The average Bonchev–Trinajstić information content (AvgIpc) is 3.34. The number of halogens is 6. The molecule has 4 rings (SSSR count). The first-order valence-electron chi connectivity index (χ1n) is 12.0. The van der Waals surface area contributed by atoms with Crippen molar-refractivity contribution in [1.82, 2.24) is 15.5 Å². The number of ether oxygens (including phenoxy) is 2. The molecule has 3 aromatic carbocycles. The summed E-state index contributed by atoms with van der Waals surface area (Å²) in [4.78, 5) is 13.3. The van der Waals surface area contributed by atoms with Gasteiger partial charge in [0.05, 0.1) is 5.54 Å². The molecule has 0 bridgehead atoms. The number of carbonyl (C=O) groups excluding carboxylic acids is 1. The summed E-state index contributed by atoms with van der Waals surface area (Å²) in [6.45, 7) is 1.74. The van der Waals surface area contributed by atoms with E-state index in [9.17, 15) is 31.1 Å². The first-order chi connectivity index (χ1) is 19.3. The van der Waals surface area contributed by atoms with Crippen molar-refractivity contribution in [3.8, 4) is 11.5 Å². The Morgan fingerprint density at radius 1 is 0.805 bits per heavy atom. The molecule has 14 heteroatoms. The number of carbonyl (C=O) groups is 1. The number of urea groups is 1. The average molecular weight is 580 g/mol. The number of aromatic nitrogens is 2. The lowest BCUT2D eigenvalue weighted by Crippen LogP contribution is -2.50. The van der Waals surface area contributed by atoms with Crippen LogP contribution in [0.25, 0.3) is 0 Å². The van der Waals surface area contributed by atoms with Crippen LogP contribution in [0.4, 0.5) is 37.2 Å². The number of hydrogen-bond donors (Lipinski definition) is 2. The summed E-state index contributed by atoms with van der Waals surface area (Å²) < 4.78 is 92.0. The number of alkyl halides is 6. The Bertz CT molecular complexity index is 1410. The number of amides is 2. The molecule has 1 heterocycles. The second kappa shape index (κ2) is 11.8. The molecule has 0 atom stereocenters. The highest BCUT2D eigenvalue weighted by Gasteiger charge is 2.39. The van der Waals surface area contributed by atoms with Gasteiger partial charge in [-0.25, -0.2) is 4.79 Å². The zero-order valence-electron chi connectivity index (χ0n) is 21.2. The van der Waals surface area contributed by atoms with Gasteiger partial charge in [-0.3, -0.25) is 5.32 Å². The molecule has 0 unspecified atom stereocenters. The largest absolute Gasteiger partial charge is 0.573 e. The van der Waals surface area contributed by atoms with Gasteiger partial charge in [-0.15, -0.1) is 31.4 Å². The number of nitrogens with one attached hydrogen (secondary N) is 2. The molecule has 8 nitrogen and oxygen atoms in total. The third-order valence-corrected chi connectivity index (χ3v) is 5.75. The molecule has 41 heavy (non-hydrogen) atoms. The molecule has 2 amide bonds. The monoisotopic (exact) mass is 580 g/mol. The van der Waals surface area contributed by atoms with E-state index in [4.69, 9.17) is 4.42 Å². The maximum Gasteiger partial charge on any atom is 0.573 e. The van der Waals surface area contributed by atoms with Gasteiger partial charge in [0.25, 0.3) is 0 Å². The molecule has 0 aliphatic carbocycles. The van der Waals surface area contributed by atoms with Crippen LogP contribution in [-0.4, -0.2) is 29.0 Å². The fourth-order valence-corrected chi connectivity index (χ4v) is 4.15. The van der Waals surface area contributed by atoms with E-state index in [1.54, 1.807) is 37.3 Å². The number of hydrogen-bond acceptors (Lipinski definition) is 6. The molecule has 2 N–H and O–H groups in total. The highest BCUT2D eigenvalue weighted by Crippen LogP contribution is 2.38. The lowest BCUT2D eigenvalue weighted by atomic mass is 9.77. The van der Waals surface area contributed by atoms with Gasteiger partial charge in [0, 0.05) is 12.8 Å². The fraction of sp³-hybridized carbons (Fsp3) is 0.222. The lowest BCUT2D eigenvalue weighted by molar-refractivity contribution is -0.275. The lowest BCUT2D eigenvalue weighted by Gasteiger charge is -2.36. The Morgan fingerprint density at radius 3 is 1.85 bits per heavy atom. The minimum atomic E-state index is -5.03. The first kappa shape index (κ1) is 29.2. The van der Waals surface area contributed by atoms with Crippen molar-refractivity contribution in [2.75, 3.05) is 5.32 Å². The third kappa shape index (κ3) is 7.90. The molecule has 1 aromatic heterocycles. The summed E-state index contributed by atoms with van der Waals surface area (Å²) in [7, 11) is 0. The van der Waals surface area contributed by atoms with Gasteiger partial charge >= 0.3 is 24.8 Å². The minimum Gasteiger partial charge on any atom is -0.408 e. The SMILES string of the molecule is CCc1nnc(NC(=O)NC(Cc2ccccc2)(c2cccc(OC(F)(F)F)c2)c2cccc(OC(F)(F)F)c2)o1. The quantitative estimate of drug-likeness (QED) is 0.213. The van der Waals surface area contributed by atoms with E-state index >= 15 is 0 Å². The van der Waals surface area contributed by atoms with E-state index in [-0.39, 0.29) is 29.5 Å². The minimum absolute atomic E-state index is 0.0576. The predicted octanol–water partition coefficient (Wildman–Crippen LogP) is 6.74. The van der Waals surface area contributed by atoms with Crippen LogP contribution < -0.4 is 20.1 Å². The number of rotatable bonds is 9. The number of aryl methyl sites for hydroxylation is 1. The highest BCUT2D eigenvalue weighted by molar-refractivity contribution is 5.88. The summed E-state index contributed by atoms with van der Waals surface area (Å²) in [5.41, 5.74) is -1.07. The Kier molecular flexibility index (Phi) is 8.40. The van der Waals surface area contributed by atoms with Crippen molar-refractivity contribution < 1.29 is 45.0 Å². The van der Waals surface area contributed by atoms with E-state index < -0.39 is 35.8 Å². The highest BCUT2D eigenvalue weighted by atomic mass is 19.4. The molecule has 4 aromatic rings. The molecule has 216 valence electrons. The van der Waals surface area contributed by atoms with Gasteiger partial charge in [-0.2, -0.15) is 0 Å². The number of anilines is 1. The summed E-state index contributed by atoms with van der Waals surface area (Å²) in [5, 5.41) is 12.6. The van der Waals surface area contributed by atoms with Crippen molar-refractivity contribution in [3.63, 3.8) is 0 Å². The Labute approximate surface area is 229 Å². The molecule has 0 fully saturated rings. The van der Waals surface area contributed by atoms with Crippen LogP contribution in [0.3, 0.4) is 0 Å². The van der Waals surface area contributed by atoms with E-state index in [0.717, 1.165) is 24.3 Å². The predicted molar refractivity (Wildman–Crippen MR) is 133 cm³/mol. The van der Waals surface area contributed by atoms with Gasteiger partial charge in [0.1, 0.15) is 11.5 Å². The van der Waals surface area contributed by atoms with Gasteiger partial charge in [0.15, 0.2) is 0 Å². The summed E-state index contributed by atoms with van der Waals surface area (Å²) in [6.07, 6.45) is -9.79. The van der Waals surface area contributed by atoms with Crippen LogP contribution in [0, 0.1) is 0 Å². The molecule has 0 aliphatic rings. The Balaban J connectivity index is 1.88. The maximum atomic E-state index is 13.3. The van der Waals surface area contributed by atoms with Crippen LogP contribution in [0.1, 0.15) is 29.5 Å². The molecule has 0 saturated heterocycles. The van der Waals surface area contributed by atoms with Gasteiger partial charge < -0.3 is 19.2 Å². The maximum absolute atomic E-state index is 13.3. The topological polar surface area (TPSA) is 98.5 Å². The van der Waals surface area contributed by atoms with Crippen molar-refractivity contribution >= 4 is 12.0 Å². The smallest absolute Gasteiger partial charge is 0.408 e. The standard InChI is InChI=1S/C27H22F6N4O4/c1-2-22-36-37-24(39-22)34-23(38)35-25(16-17-8-4-3-5-9-17,18-10-6-12-20(14-18)40-26(28,29)30)19-11-7-13-21(15-19)41-27(31,32)33/h3-15H,2,16H2,1H3,(H2,34,35,37,38). The van der Waals surface area contributed by atoms with Crippen molar-refractivity contribution in [1.29, 1.82) is 0 Å². The summed E-state index contributed by atoms with van der Waals surface area (Å²) in [5.74, 6) is -0.992. The first-order valence-corrected chi connectivity index (χ1v) is 12.0. The van der Waals surface area contributed by atoms with Crippen molar-refractivity contribution in [2.45, 2.75) is 38.0 Å². The zero-order chi connectivity index (χ0) is 29.7. The number of nitrogens with zero attached hydrogens (tertiary/aromatic N) is 2. The molecule has 0 spiro atoms. The van der Waals surface area contributed by atoms with E-state index in [2.05, 4.69) is 30.3 Å². The van der Waals surface area contributed by atoms with Crippen LogP contribution in [0.2, 0.25) is 0 Å². The van der Waals surface area contributed by atoms with E-state index in [1.807, 2.05) is 0 Å². The molecule has 0 saturated carbocycles. The molecular weight excluding hydrogens is 558 g/mol. The number of benzene rings is 3. The van der Waals surface area contributed by atoms with Crippen LogP contribution >= 0.6 is 0 Å². The van der Waals surface area contributed by atoms with E-state index in [0.29, 0.717) is 12.0 Å². The molecule has 0 radical (unpaired) electrons. The molecular formula is C27H22F6N4O4. The van der Waals surface area contributed by atoms with Crippen LogP contribution in [0.5, 0.6) is 11.5 Å². The van der Waals surface area contributed by atoms with Crippen LogP contribution in [-0.2, 0) is 18.4 Å². The van der Waals surface area contributed by atoms with Gasteiger partial charge in [-0.1, -0.05) is 66.6 Å². The zero-order valence-corrected chi connectivity index (χ0v) is 21.2. The van der Waals surface area contributed by atoms with Crippen molar-refractivity contribution in [3.05, 3.63) is 101 Å². The summed E-state index contributed by atoms with van der Waals surface area (Å²) in [6, 6.07) is 16.8. The second-order valence-corrected chi connectivity index (χ2v) is 8.65. The van der Waals surface area contributed by atoms with Gasteiger partial charge in [0.2, 0.25) is 5.89 Å². The fourth-order valence-electron chi connectivity index (χ4n) is 4.15. The normalized spacial score (nSPS) is 12.1. The Hall–Kier alpha value is -4.75. The second-order valence-electron chi connectivity index (χ2n) is 8.65.